The van der Waals surface area contributed by atoms with Crippen LogP contribution in [0.15, 0.2) is 24.3 Å². The van der Waals surface area contributed by atoms with Crippen molar-refractivity contribution in [2.75, 3.05) is 11.9 Å². The molecule has 0 aliphatic heterocycles. The van der Waals surface area contributed by atoms with Gasteiger partial charge in [0.15, 0.2) is 4.77 Å². The van der Waals surface area contributed by atoms with Gasteiger partial charge in [-0.15, -0.1) is 5.10 Å². The molecular formula is C14H19ClN4S. The average Bonchev–Trinajstić information content (AvgIpc) is 2.79. The van der Waals surface area contributed by atoms with Crippen LogP contribution in [0.5, 0.6) is 0 Å². The molecule has 20 heavy (non-hydrogen) atoms. The summed E-state index contributed by atoms with van der Waals surface area (Å²) in [6.45, 7) is 5.11. The maximum Gasteiger partial charge on any atom is 0.225 e. The Morgan fingerprint density at radius 2 is 2.25 bits per heavy atom. The molecule has 0 spiro atoms. The van der Waals surface area contributed by atoms with Crippen LogP contribution in [0, 0.1) is 4.77 Å². The van der Waals surface area contributed by atoms with Gasteiger partial charge >= 0.3 is 0 Å². The van der Waals surface area contributed by atoms with E-state index >= 15 is 0 Å². The molecule has 1 aromatic carbocycles. The van der Waals surface area contributed by atoms with Gasteiger partial charge in [0.1, 0.15) is 0 Å². The second-order valence-corrected chi connectivity index (χ2v) is 5.65. The van der Waals surface area contributed by atoms with Crippen molar-refractivity contribution in [3.63, 3.8) is 0 Å². The van der Waals surface area contributed by atoms with Crippen molar-refractivity contribution >= 4 is 29.8 Å². The molecule has 2 rings (SSSR count). The van der Waals surface area contributed by atoms with Crippen LogP contribution in [0.1, 0.15) is 31.9 Å². The number of H-pyrrole nitrogens is 1. The number of halogens is 1. The summed E-state index contributed by atoms with van der Waals surface area (Å²) in [7, 11) is 2.02. The first-order chi connectivity index (χ1) is 9.54. The number of nitrogens with one attached hydrogen (secondary N) is 1. The molecule has 6 heteroatoms. The third-order valence-corrected chi connectivity index (χ3v) is 3.96. The minimum absolute atomic E-state index is 0.162. The lowest BCUT2D eigenvalue weighted by Crippen LogP contribution is -2.25. The standard InChI is InChI=1S/C14H19ClN4S/c1-4-8-19-13(16-17-14(19)20)18(3)10(2)11-6-5-7-12(15)9-11/h5-7,9-10H,4,8H2,1-3H3,(H,17,20). The topological polar surface area (TPSA) is 36.9 Å². The third-order valence-electron chi connectivity index (χ3n) is 3.41. The van der Waals surface area contributed by atoms with Gasteiger partial charge in [0.25, 0.3) is 0 Å². The van der Waals surface area contributed by atoms with Gasteiger partial charge in [-0.25, -0.2) is 5.10 Å². The van der Waals surface area contributed by atoms with Crippen LogP contribution in [0.25, 0.3) is 0 Å². The molecule has 0 bridgehead atoms. The molecule has 0 radical (unpaired) electrons. The number of rotatable bonds is 5. The van der Waals surface area contributed by atoms with Crippen LogP contribution in [0.2, 0.25) is 5.02 Å². The quantitative estimate of drug-likeness (QED) is 0.841. The minimum Gasteiger partial charge on any atom is -0.337 e. The molecule has 0 aliphatic rings. The van der Waals surface area contributed by atoms with Gasteiger partial charge in [-0.1, -0.05) is 30.7 Å². The third kappa shape index (κ3) is 3.04. The summed E-state index contributed by atoms with van der Waals surface area (Å²) in [5.74, 6) is 0.851. The van der Waals surface area contributed by atoms with Crippen molar-refractivity contribution in [2.24, 2.45) is 0 Å². The SMILES string of the molecule is CCCn1c(N(C)C(C)c2cccc(Cl)c2)n[nH]c1=S. The molecule has 1 aromatic heterocycles. The zero-order valence-electron chi connectivity index (χ0n) is 11.9. The molecule has 0 amide bonds. The van der Waals surface area contributed by atoms with E-state index in [-0.39, 0.29) is 6.04 Å². The number of hydrogen-bond acceptors (Lipinski definition) is 3. The molecule has 0 saturated heterocycles. The lowest BCUT2D eigenvalue weighted by molar-refractivity contribution is 0.629. The first-order valence-electron chi connectivity index (χ1n) is 6.68. The van der Waals surface area contributed by atoms with Crippen molar-refractivity contribution in [1.82, 2.24) is 14.8 Å². The van der Waals surface area contributed by atoms with Gasteiger partial charge in [-0.3, -0.25) is 4.57 Å². The summed E-state index contributed by atoms with van der Waals surface area (Å²) in [5, 5.41) is 7.96. The molecule has 1 unspecified atom stereocenters. The van der Waals surface area contributed by atoms with E-state index < -0.39 is 0 Å². The van der Waals surface area contributed by atoms with E-state index in [1.807, 2.05) is 29.8 Å². The first kappa shape index (κ1) is 15.1. The zero-order valence-corrected chi connectivity index (χ0v) is 13.5. The molecule has 1 atom stereocenters. The van der Waals surface area contributed by atoms with Gasteiger partial charge in [-0.2, -0.15) is 0 Å². The van der Waals surface area contributed by atoms with Crippen molar-refractivity contribution < 1.29 is 0 Å². The Balaban J connectivity index is 2.31. The normalized spacial score (nSPS) is 12.4. The monoisotopic (exact) mass is 310 g/mol. The molecule has 2 aromatic rings. The summed E-state index contributed by atoms with van der Waals surface area (Å²) < 4.78 is 2.68. The number of benzene rings is 1. The molecule has 0 saturated carbocycles. The minimum atomic E-state index is 0.162. The van der Waals surface area contributed by atoms with E-state index in [9.17, 15) is 0 Å². The largest absolute Gasteiger partial charge is 0.337 e. The summed E-state index contributed by atoms with van der Waals surface area (Å²) in [4.78, 5) is 2.10. The van der Waals surface area contributed by atoms with Gasteiger partial charge in [0.2, 0.25) is 5.95 Å². The number of anilines is 1. The highest BCUT2D eigenvalue weighted by molar-refractivity contribution is 7.71. The van der Waals surface area contributed by atoms with Gasteiger partial charge < -0.3 is 4.90 Å². The van der Waals surface area contributed by atoms with Crippen molar-refractivity contribution in [3.8, 4) is 0 Å². The van der Waals surface area contributed by atoms with Gasteiger partial charge in [-0.05, 0) is 43.3 Å². The van der Waals surface area contributed by atoms with Crippen LogP contribution >= 0.6 is 23.8 Å². The number of hydrogen-bond donors (Lipinski definition) is 1. The Morgan fingerprint density at radius 1 is 1.50 bits per heavy atom. The van der Waals surface area contributed by atoms with E-state index in [1.54, 1.807) is 0 Å². The Labute approximate surface area is 129 Å². The van der Waals surface area contributed by atoms with Crippen LogP contribution in [-0.4, -0.2) is 21.8 Å². The fourth-order valence-corrected chi connectivity index (χ4v) is 2.58. The highest BCUT2D eigenvalue weighted by Gasteiger charge is 2.17. The molecule has 1 N–H and O–H groups in total. The Kier molecular flexibility index (Phi) is 4.83. The molecule has 0 fully saturated rings. The lowest BCUT2D eigenvalue weighted by Gasteiger charge is -2.26. The number of aromatic amines is 1. The zero-order chi connectivity index (χ0) is 14.7. The summed E-state index contributed by atoms with van der Waals surface area (Å²) in [6.07, 6.45) is 1.01. The van der Waals surface area contributed by atoms with E-state index in [0.29, 0.717) is 4.77 Å². The Hall–Kier alpha value is -1.33. The van der Waals surface area contributed by atoms with Crippen LogP contribution in [-0.2, 0) is 6.54 Å². The average molecular weight is 311 g/mol. The van der Waals surface area contributed by atoms with Crippen molar-refractivity contribution in [3.05, 3.63) is 39.6 Å². The Bertz CT molecular complexity index is 634. The highest BCUT2D eigenvalue weighted by Crippen LogP contribution is 2.25. The fraction of sp³-hybridized carbons (Fsp3) is 0.429. The second-order valence-electron chi connectivity index (χ2n) is 4.82. The smallest absolute Gasteiger partial charge is 0.225 e. The summed E-state index contributed by atoms with van der Waals surface area (Å²) in [6, 6.07) is 8.05. The van der Waals surface area contributed by atoms with E-state index in [1.165, 1.54) is 0 Å². The highest BCUT2D eigenvalue weighted by atomic mass is 35.5. The summed E-state index contributed by atoms with van der Waals surface area (Å²) >= 11 is 11.3. The van der Waals surface area contributed by atoms with Crippen molar-refractivity contribution in [2.45, 2.75) is 32.9 Å². The van der Waals surface area contributed by atoms with Gasteiger partial charge in [0, 0.05) is 18.6 Å². The predicted molar refractivity (Wildman–Crippen MR) is 86.0 cm³/mol. The molecular weight excluding hydrogens is 292 g/mol. The molecule has 4 nitrogen and oxygen atoms in total. The maximum atomic E-state index is 6.06. The Morgan fingerprint density at radius 3 is 2.90 bits per heavy atom. The van der Waals surface area contributed by atoms with Crippen LogP contribution in [0.4, 0.5) is 5.95 Å². The fourth-order valence-electron chi connectivity index (χ4n) is 2.17. The van der Waals surface area contributed by atoms with Crippen LogP contribution in [0.3, 0.4) is 0 Å². The lowest BCUT2D eigenvalue weighted by atomic mass is 10.1. The van der Waals surface area contributed by atoms with Gasteiger partial charge in [0.05, 0.1) is 6.04 Å². The summed E-state index contributed by atoms with van der Waals surface area (Å²) in [5.41, 5.74) is 1.15. The second kappa shape index (κ2) is 6.41. The van der Waals surface area contributed by atoms with E-state index in [2.05, 4.69) is 35.0 Å². The molecule has 1 heterocycles. The maximum absolute atomic E-state index is 6.06. The molecule has 0 aliphatic carbocycles. The van der Waals surface area contributed by atoms with E-state index in [0.717, 1.165) is 29.5 Å². The number of aromatic nitrogens is 3. The van der Waals surface area contributed by atoms with Crippen molar-refractivity contribution in [1.29, 1.82) is 0 Å². The number of nitrogens with zero attached hydrogens (tertiary/aromatic N) is 3. The first-order valence-corrected chi connectivity index (χ1v) is 7.46. The molecule has 108 valence electrons. The van der Waals surface area contributed by atoms with E-state index in [4.69, 9.17) is 23.8 Å². The van der Waals surface area contributed by atoms with Crippen LogP contribution < -0.4 is 4.90 Å². The predicted octanol–water partition coefficient (Wildman–Crippen LogP) is 4.20.